The van der Waals surface area contributed by atoms with Gasteiger partial charge >= 0.3 is 0 Å². The lowest BCUT2D eigenvalue weighted by molar-refractivity contribution is -0.494. The fourth-order valence-corrected chi connectivity index (χ4v) is 0.438. The summed E-state index contributed by atoms with van der Waals surface area (Å²) in [5.41, 5.74) is 0. The molecule has 0 aliphatic rings. The predicted octanol–water partition coefficient (Wildman–Crippen LogP) is -1.82. The lowest BCUT2D eigenvalue weighted by atomic mass is 10.1. The maximum absolute atomic E-state index is 9.75. The van der Waals surface area contributed by atoms with E-state index in [1.807, 2.05) is 0 Å². The topological polar surface area (TPSA) is 104 Å². The molecule has 0 fully saturated rings. The molecule has 0 bridgehead atoms. The van der Waals surface area contributed by atoms with E-state index in [0.717, 1.165) is 0 Å². The van der Waals surface area contributed by atoms with Crippen LogP contribution in [0.15, 0.2) is 0 Å². The second-order valence-corrected chi connectivity index (χ2v) is 1.87. The lowest BCUT2D eigenvalue weighted by Gasteiger charge is -2.10. The molecule has 0 aromatic carbocycles. The van der Waals surface area contributed by atoms with Crippen molar-refractivity contribution in [3.63, 3.8) is 0 Å². The summed E-state index contributed by atoms with van der Waals surface area (Å²) in [6, 6.07) is 0. The largest absolute Gasteiger partial charge is 0.396 e. The molecule has 1 unspecified atom stereocenters. The van der Waals surface area contributed by atoms with E-state index in [1.165, 1.54) is 0 Å². The van der Waals surface area contributed by atoms with E-state index in [2.05, 4.69) is 0 Å². The van der Waals surface area contributed by atoms with Gasteiger partial charge in [-0.25, -0.2) is 0 Å². The van der Waals surface area contributed by atoms with Gasteiger partial charge < -0.3 is 15.3 Å². The van der Waals surface area contributed by atoms with Crippen molar-refractivity contribution in [2.24, 2.45) is 5.92 Å². The van der Waals surface area contributed by atoms with Crippen molar-refractivity contribution in [3.8, 4) is 0 Å². The first-order valence-corrected chi connectivity index (χ1v) is 2.66. The van der Waals surface area contributed by atoms with Crippen molar-refractivity contribution < 1.29 is 20.2 Å². The van der Waals surface area contributed by atoms with Crippen molar-refractivity contribution >= 4 is 0 Å². The number of hydrogen-bond acceptors (Lipinski definition) is 5. The van der Waals surface area contributed by atoms with Gasteiger partial charge in [0.2, 0.25) is 6.54 Å². The number of aliphatic hydroxyl groups is 3. The third-order valence-electron chi connectivity index (χ3n) is 1.04. The monoisotopic (exact) mass is 151 g/mol. The van der Waals surface area contributed by atoms with Crippen LogP contribution in [0.5, 0.6) is 0 Å². The smallest absolute Gasteiger partial charge is 0.213 e. The van der Waals surface area contributed by atoms with Crippen molar-refractivity contribution in [2.75, 3.05) is 13.2 Å². The molecular weight excluding hydrogens is 142 g/mol. The Morgan fingerprint density at radius 2 is 2.00 bits per heavy atom. The molecule has 0 saturated heterocycles. The molecule has 0 spiro atoms. The van der Waals surface area contributed by atoms with Crippen LogP contribution in [0.1, 0.15) is 0 Å². The highest BCUT2D eigenvalue weighted by Gasteiger charge is 2.20. The second-order valence-electron chi connectivity index (χ2n) is 1.87. The maximum Gasteiger partial charge on any atom is 0.213 e. The van der Waals surface area contributed by atoms with Crippen LogP contribution < -0.4 is 0 Å². The molecule has 0 aromatic rings. The summed E-state index contributed by atoms with van der Waals surface area (Å²) in [4.78, 5) is 9.04. The number of nitro groups is 1. The highest BCUT2D eigenvalue weighted by Crippen LogP contribution is 1.99. The van der Waals surface area contributed by atoms with Crippen molar-refractivity contribution in [2.45, 2.75) is 6.29 Å². The molecule has 6 heteroatoms. The third kappa shape index (κ3) is 3.33. The molecule has 10 heavy (non-hydrogen) atoms. The van der Waals surface area contributed by atoms with E-state index in [9.17, 15) is 10.1 Å². The summed E-state index contributed by atoms with van der Waals surface area (Å²) < 4.78 is 0. The summed E-state index contributed by atoms with van der Waals surface area (Å²) in [5.74, 6) is -1.09. The average Bonchev–Trinajstić information content (AvgIpc) is 1.81. The van der Waals surface area contributed by atoms with Gasteiger partial charge in [-0.3, -0.25) is 10.1 Å². The molecule has 0 radical (unpaired) electrons. The van der Waals surface area contributed by atoms with Gasteiger partial charge in [0.15, 0.2) is 6.29 Å². The highest BCUT2D eigenvalue weighted by atomic mass is 16.6. The fourth-order valence-electron chi connectivity index (χ4n) is 0.438. The molecule has 3 N–H and O–H groups in total. The van der Waals surface area contributed by atoms with Crippen LogP contribution in [-0.2, 0) is 0 Å². The van der Waals surface area contributed by atoms with E-state index in [0.29, 0.717) is 0 Å². The Hall–Kier alpha value is -0.720. The van der Waals surface area contributed by atoms with Crippen molar-refractivity contribution in [3.05, 3.63) is 10.1 Å². The van der Waals surface area contributed by atoms with E-state index in [4.69, 9.17) is 15.3 Å². The van der Waals surface area contributed by atoms with Crippen LogP contribution in [-0.4, -0.2) is 39.7 Å². The zero-order valence-electron chi connectivity index (χ0n) is 5.17. The van der Waals surface area contributed by atoms with Crippen LogP contribution in [0.3, 0.4) is 0 Å². The molecule has 0 aliphatic heterocycles. The number of hydrogen-bond donors (Lipinski definition) is 3. The first-order chi connectivity index (χ1) is 4.57. The Morgan fingerprint density at radius 3 is 2.10 bits per heavy atom. The van der Waals surface area contributed by atoms with Gasteiger partial charge in [0.1, 0.15) is 0 Å². The fraction of sp³-hybridized carbons (Fsp3) is 1.00. The normalized spacial score (nSPS) is 13.6. The van der Waals surface area contributed by atoms with E-state index in [1.54, 1.807) is 0 Å². The van der Waals surface area contributed by atoms with Crippen molar-refractivity contribution in [1.82, 2.24) is 0 Å². The molecule has 0 aliphatic carbocycles. The molecule has 1 atom stereocenters. The first-order valence-electron chi connectivity index (χ1n) is 2.66. The van der Waals surface area contributed by atoms with Gasteiger partial charge in [-0.1, -0.05) is 0 Å². The molecule has 0 rings (SSSR count). The van der Waals surface area contributed by atoms with Gasteiger partial charge in [0, 0.05) is 4.92 Å². The second kappa shape index (κ2) is 4.15. The molecule has 60 valence electrons. The molecule has 0 amide bonds. The molecule has 6 nitrogen and oxygen atoms in total. The van der Waals surface area contributed by atoms with Crippen LogP contribution in [0, 0.1) is 16.0 Å². The maximum atomic E-state index is 9.75. The highest BCUT2D eigenvalue weighted by molar-refractivity contribution is 4.55. The van der Waals surface area contributed by atoms with Crippen LogP contribution in [0.25, 0.3) is 0 Å². The van der Waals surface area contributed by atoms with E-state index < -0.39 is 30.3 Å². The number of nitrogens with zero attached hydrogens (tertiary/aromatic N) is 1. The molecule has 0 heterocycles. The Morgan fingerprint density at radius 1 is 1.50 bits per heavy atom. The SMILES string of the molecule is O=[N+]([O-])CC(CO)C(O)O. The van der Waals surface area contributed by atoms with E-state index in [-0.39, 0.29) is 0 Å². The van der Waals surface area contributed by atoms with E-state index >= 15 is 0 Å². The zero-order chi connectivity index (χ0) is 8.15. The summed E-state index contributed by atoms with van der Waals surface area (Å²) in [6.07, 6.45) is -1.82. The molecule has 0 aromatic heterocycles. The lowest BCUT2D eigenvalue weighted by Crippen LogP contribution is -2.29. The van der Waals surface area contributed by atoms with Gasteiger partial charge in [-0.05, 0) is 0 Å². The average molecular weight is 151 g/mol. The number of rotatable bonds is 4. The quantitative estimate of drug-likeness (QED) is 0.249. The summed E-state index contributed by atoms with van der Waals surface area (Å²) in [7, 11) is 0. The number of aliphatic hydroxyl groups excluding tert-OH is 2. The minimum absolute atomic E-state index is 0.599. The molecule has 0 saturated carbocycles. The predicted molar refractivity (Wildman–Crippen MR) is 30.7 cm³/mol. The van der Waals surface area contributed by atoms with Gasteiger partial charge in [0.25, 0.3) is 0 Å². The Bertz CT molecular complexity index is 114. The summed E-state index contributed by atoms with van der Waals surface area (Å²) in [6.45, 7) is -1.23. The summed E-state index contributed by atoms with van der Waals surface area (Å²) in [5, 5.41) is 34.8. The van der Waals surface area contributed by atoms with Crippen LogP contribution in [0.2, 0.25) is 0 Å². The molecular formula is C4H9NO5. The van der Waals surface area contributed by atoms with Gasteiger partial charge in [-0.2, -0.15) is 0 Å². The third-order valence-corrected chi connectivity index (χ3v) is 1.04. The van der Waals surface area contributed by atoms with Gasteiger partial charge in [0.05, 0.1) is 12.5 Å². The Kier molecular flexibility index (Phi) is 3.85. The zero-order valence-corrected chi connectivity index (χ0v) is 5.17. The van der Waals surface area contributed by atoms with Gasteiger partial charge in [-0.15, -0.1) is 0 Å². The van der Waals surface area contributed by atoms with Crippen molar-refractivity contribution in [1.29, 1.82) is 0 Å². The Balaban J connectivity index is 3.71. The minimum Gasteiger partial charge on any atom is -0.396 e. The first kappa shape index (κ1) is 9.28. The van der Waals surface area contributed by atoms with Crippen LogP contribution >= 0.6 is 0 Å². The minimum atomic E-state index is -1.82. The standard InChI is InChI=1S/C4H9NO5/c6-2-3(4(7)8)1-5(9)10/h3-4,6-8H,1-2H2. The van der Waals surface area contributed by atoms with Crippen LogP contribution in [0.4, 0.5) is 0 Å². The summed E-state index contributed by atoms with van der Waals surface area (Å²) >= 11 is 0. The Labute approximate surface area is 56.9 Å².